The molecule has 0 bridgehead atoms. The molecule has 0 aromatic rings. The molecule has 0 spiro atoms. The topological polar surface area (TPSA) is 145 Å². The number of aliphatic hydroxyl groups excluding tert-OH is 1. The van der Waals surface area contributed by atoms with Crippen LogP contribution in [0.25, 0.3) is 0 Å². The van der Waals surface area contributed by atoms with Gasteiger partial charge in [-0.1, -0.05) is 27.2 Å². The number of carbonyl (C=O) groups excluding carboxylic acids is 3. The molecule has 0 aromatic carbocycles. The average molecular weight is 388 g/mol. The molecule has 0 heterocycles. The van der Waals surface area contributed by atoms with Crippen LogP contribution >= 0.6 is 0 Å². The van der Waals surface area contributed by atoms with Gasteiger partial charge in [-0.05, 0) is 26.3 Å². The van der Waals surface area contributed by atoms with Crippen LogP contribution in [0.4, 0.5) is 0 Å². The van der Waals surface area contributed by atoms with E-state index in [4.69, 9.17) is 16.2 Å². The van der Waals surface area contributed by atoms with Gasteiger partial charge in [-0.2, -0.15) is 0 Å². The molecule has 0 saturated heterocycles. The predicted octanol–water partition coefficient (Wildman–Crippen LogP) is 0.145. The molecule has 0 rings (SSSR count). The summed E-state index contributed by atoms with van der Waals surface area (Å²) in [4.78, 5) is 37.2. The van der Waals surface area contributed by atoms with Gasteiger partial charge in [0.2, 0.25) is 5.91 Å². The number of unbranched alkanes of at least 4 members (excludes halogenated alkanes) is 1. The number of nitrogens with two attached hydrogens (primary N) is 2. The standard InChI is InChI=1S/C19H37N3O5/c1-5-6-9-27-17(7-8-20)16(24)10-14(13(4)23)19(26)22-15(11-21)18(25)12(2)3/h12-15,17,23H,5-11,20-21H2,1-4H3,(H,22,26)/t13?,14-,15-,17-/m0/s1. The molecule has 0 fully saturated rings. The Kier molecular flexibility index (Phi) is 13.1. The fourth-order valence-corrected chi connectivity index (χ4v) is 2.62. The Morgan fingerprint density at radius 3 is 2.22 bits per heavy atom. The Labute approximate surface area is 162 Å². The number of amides is 1. The molecule has 4 atom stereocenters. The van der Waals surface area contributed by atoms with Crippen LogP contribution in [0.5, 0.6) is 0 Å². The van der Waals surface area contributed by atoms with E-state index in [2.05, 4.69) is 5.32 Å². The zero-order valence-electron chi connectivity index (χ0n) is 17.1. The van der Waals surface area contributed by atoms with E-state index in [1.165, 1.54) is 6.92 Å². The number of carbonyl (C=O) groups is 3. The molecule has 27 heavy (non-hydrogen) atoms. The summed E-state index contributed by atoms with van der Waals surface area (Å²) in [7, 11) is 0. The lowest BCUT2D eigenvalue weighted by Crippen LogP contribution is -2.51. The van der Waals surface area contributed by atoms with E-state index >= 15 is 0 Å². The normalized spacial score (nSPS) is 15.9. The van der Waals surface area contributed by atoms with E-state index in [0.717, 1.165) is 12.8 Å². The second kappa shape index (κ2) is 13.8. The number of nitrogens with one attached hydrogen (secondary N) is 1. The molecule has 8 nitrogen and oxygen atoms in total. The molecule has 6 N–H and O–H groups in total. The lowest BCUT2D eigenvalue weighted by Gasteiger charge is -2.25. The third kappa shape index (κ3) is 9.41. The Bertz CT molecular complexity index is 468. The second-order valence-corrected chi connectivity index (χ2v) is 7.16. The van der Waals surface area contributed by atoms with Gasteiger partial charge in [0.1, 0.15) is 6.10 Å². The van der Waals surface area contributed by atoms with Crippen molar-refractivity contribution >= 4 is 17.5 Å². The lowest BCUT2D eigenvalue weighted by atomic mass is 9.92. The Morgan fingerprint density at radius 2 is 1.78 bits per heavy atom. The number of ketones is 2. The van der Waals surface area contributed by atoms with Gasteiger partial charge in [-0.25, -0.2) is 0 Å². The third-order valence-electron chi connectivity index (χ3n) is 4.41. The van der Waals surface area contributed by atoms with Crippen LogP contribution in [0.3, 0.4) is 0 Å². The summed E-state index contributed by atoms with van der Waals surface area (Å²) < 4.78 is 5.60. The second-order valence-electron chi connectivity index (χ2n) is 7.16. The van der Waals surface area contributed by atoms with E-state index in [-0.39, 0.29) is 37.0 Å². The van der Waals surface area contributed by atoms with Gasteiger partial charge >= 0.3 is 0 Å². The summed E-state index contributed by atoms with van der Waals surface area (Å²) in [6.07, 6.45) is 0.173. The fraction of sp³-hybridized carbons (Fsp3) is 0.842. The van der Waals surface area contributed by atoms with Gasteiger partial charge in [0, 0.05) is 25.5 Å². The average Bonchev–Trinajstić information content (AvgIpc) is 2.62. The summed E-state index contributed by atoms with van der Waals surface area (Å²) in [5.41, 5.74) is 11.1. The van der Waals surface area contributed by atoms with Crippen LogP contribution in [-0.2, 0) is 19.1 Å². The van der Waals surface area contributed by atoms with Crippen molar-refractivity contribution in [2.24, 2.45) is 23.3 Å². The summed E-state index contributed by atoms with van der Waals surface area (Å²) >= 11 is 0. The fourth-order valence-electron chi connectivity index (χ4n) is 2.62. The van der Waals surface area contributed by atoms with E-state index in [0.29, 0.717) is 13.0 Å². The van der Waals surface area contributed by atoms with Gasteiger partial charge in [-0.3, -0.25) is 14.4 Å². The van der Waals surface area contributed by atoms with Crippen LogP contribution in [0.1, 0.15) is 53.4 Å². The highest BCUT2D eigenvalue weighted by Gasteiger charge is 2.32. The molecular formula is C19H37N3O5. The Balaban J connectivity index is 5.05. The van der Waals surface area contributed by atoms with Crippen molar-refractivity contribution in [2.45, 2.75) is 71.6 Å². The monoisotopic (exact) mass is 387 g/mol. The molecule has 1 unspecified atom stereocenters. The number of hydrogen-bond donors (Lipinski definition) is 4. The molecule has 0 radical (unpaired) electrons. The van der Waals surface area contributed by atoms with Crippen molar-refractivity contribution in [3.63, 3.8) is 0 Å². The number of rotatable bonds is 15. The maximum absolute atomic E-state index is 12.6. The van der Waals surface area contributed by atoms with E-state index in [1.54, 1.807) is 13.8 Å². The van der Waals surface area contributed by atoms with Crippen molar-refractivity contribution < 1.29 is 24.2 Å². The van der Waals surface area contributed by atoms with Crippen LogP contribution < -0.4 is 16.8 Å². The van der Waals surface area contributed by atoms with Crippen molar-refractivity contribution in [3.05, 3.63) is 0 Å². The first-order valence-corrected chi connectivity index (χ1v) is 9.76. The van der Waals surface area contributed by atoms with Gasteiger partial charge < -0.3 is 26.6 Å². The molecule has 0 aliphatic rings. The molecule has 158 valence electrons. The summed E-state index contributed by atoms with van der Waals surface area (Å²) in [5, 5.41) is 12.6. The maximum atomic E-state index is 12.6. The Hall–Kier alpha value is -1.35. The highest BCUT2D eigenvalue weighted by atomic mass is 16.5. The van der Waals surface area contributed by atoms with E-state index < -0.39 is 30.1 Å². The quantitative estimate of drug-likeness (QED) is 0.293. The molecule has 0 saturated carbocycles. The molecule has 8 heteroatoms. The predicted molar refractivity (Wildman–Crippen MR) is 104 cm³/mol. The maximum Gasteiger partial charge on any atom is 0.226 e. The largest absolute Gasteiger partial charge is 0.393 e. The van der Waals surface area contributed by atoms with E-state index in [1.807, 2.05) is 6.92 Å². The SMILES string of the molecule is CCCCO[C@@H](CCN)C(=O)C[C@H](C(=O)N[C@@H](CN)C(=O)C(C)C)C(C)O. The van der Waals surface area contributed by atoms with Crippen LogP contribution in [0, 0.1) is 11.8 Å². The van der Waals surface area contributed by atoms with E-state index in [9.17, 15) is 19.5 Å². The van der Waals surface area contributed by atoms with Crippen molar-refractivity contribution in [1.29, 1.82) is 0 Å². The van der Waals surface area contributed by atoms with Crippen LogP contribution in [-0.4, -0.2) is 60.5 Å². The van der Waals surface area contributed by atoms with Crippen molar-refractivity contribution in [2.75, 3.05) is 19.7 Å². The molecule has 1 amide bonds. The van der Waals surface area contributed by atoms with Crippen molar-refractivity contribution in [3.8, 4) is 0 Å². The first kappa shape index (κ1) is 25.6. The van der Waals surface area contributed by atoms with Gasteiger partial charge in [0.25, 0.3) is 0 Å². The smallest absolute Gasteiger partial charge is 0.226 e. The van der Waals surface area contributed by atoms with Gasteiger partial charge in [0.05, 0.1) is 18.1 Å². The van der Waals surface area contributed by atoms with Gasteiger partial charge in [0.15, 0.2) is 11.6 Å². The van der Waals surface area contributed by atoms with Gasteiger partial charge in [-0.15, -0.1) is 0 Å². The number of hydrogen-bond acceptors (Lipinski definition) is 7. The molecule has 0 aromatic heterocycles. The minimum atomic E-state index is -1.06. The molecule has 0 aliphatic carbocycles. The minimum absolute atomic E-state index is 0.0425. The molecular weight excluding hydrogens is 350 g/mol. The first-order valence-electron chi connectivity index (χ1n) is 9.76. The highest BCUT2D eigenvalue weighted by Crippen LogP contribution is 2.15. The van der Waals surface area contributed by atoms with Crippen LogP contribution in [0.15, 0.2) is 0 Å². The lowest BCUT2D eigenvalue weighted by molar-refractivity contribution is -0.139. The minimum Gasteiger partial charge on any atom is -0.393 e. The summed E-state index contributed by atoms with van der Waals surface area (Å²) in [6.45, 7) is 7.58. The number of aliphatic hydroxyl groups is 1. The zero-order valence-corrected chi connectivity index (χ0v) is 17.1. The molecule has 0 aliphatic heterocycles. The van der Waals surface area contributed by atoms with Crippen molar-refractivity contribution in [1.82, 2.24) is 5.32 Å². The Morgan fingerprint density at radius 1 is 1.15 bits per heavy atom. The highest BCUT2D eigenvalue weighted by molar-refractivity contribution is 5.93. The summed E-state index contributed by atoms with van der Waals surface area (Å²) in [6, 6.07) is -0.838. The first-order chi connectivity index (χ1) is 12.7. The third-order valence-corrected chi connectivity index (χ3v) is 4.41. The van der Waals surface area contributed by atoms with Crippen LogP contribution in [0.2, 0.25) is 0 Å². The number of Topliss-reactive ketones (excluding diaryl/α,β-unsaturated/α-hetero) is 2. The summed E-state index contributed by atoms with van der Waals surface area (Å²) in [5.74, 6) is -2.31. The zero-order chi connectivity index (χ0) is 21.0. The number of ether oxygens (including phenoxy) is 1.